The first-order valence-corrected chi connectivity index (χ1v) is 7.64. The third-order valence-corrected chi connectivity index (χ3v) is 3.09. The van der Waals surface area contributed by atoms with E-state index >= 15 is 0 Å². The quantitative estimate of drug-likeness (QED) is 0.326. The summed E-state index contributed by atoms with van der Waals surface area (Å²) in [5.41, 5.74) is 2.01. The Balaban J connectivity index is 0.000000224. The molecule has 1 aromatic carbocycles. The fourth-order valence-electron chi connectivity index (χ4n) is 1.49. The summed E-state index contributed by atoms with van der Waals surface area (Å²) in [6.07, 6.45) is 4.25. The van der Waals surface area contributed by atoms with Crippen molar-refractivity contribution in [1.29, 1.82) is 0 Å². The fraction of sp³-hybridized carbons (Fsp3) is 0. The number of nitrogens with zero attached hydrogens (tertiary/aromatic N) is 3. The molecule has 121 valence electrons. The number of benzene rings is 1. The maximum absolute atomic E-state index is 10.3. The van der Waals surface area contributed by atoms with Gasteiger partial charge in [0.25, 0.3) is 5.16 Å². The predicted molar refractivity (Wildman–Crippen MR) is 80.4 cm³/mol. The number of pyridine rings is 1. The third-order valence-electron chi connectivity index (χ3n) is 2.42. The SMILES string of the molecule is O=S(=O)(O)c1ncccn1.[Ir].[c-]1ccccc1-c1ccccn1. The Morgan fingerprint density at radius 1 is 0.870 bits per heavy atom. The van der Waals surface area contributed by atoms with Crippen LogP contribution in [0.4, 0.5) is 0 Å². The molecule has 2 aromatic heterocycles. The van der Waals surface area contributed by atoms with Gasteiger partial charge in [0, 0.05) is 38.7 Å². The van der Waals surface area contributed by atoms with E-state index < -0.39 is 15.3 Å². The van der Waals surface area contributed by atoms with Crippen LogP contribution in [0.2, 0.25) is 0 Å². The van der Waals surface area contributed by atoms with Gasteiger partial charge in [0.15, 0.2) is 0 Å². The second kappa shape index (κ2) is 9.22. The Morgan fingerprint density at radius 2 is 1.52 bits per heavy atom. The molecule has 0 saturated carbocycles. The van der Waals surface area contributed by atoms with E-state index in [2.05, 4.69) is 21.0 Å². The van der Waals surface area contributed by atoms with Crippen LogP contribution in [0.5, 0.6) is 0 Å². The molecule has 3 rings (SSSR count). The molecular formula is C15H12IrN3O3S-. The normalized spacial score (nSPS) is 9.96. The van der Waals surface area contributed by atoms with Crippen molar-refractivity contribution in [1.82, 2.24) is 15.0 Å². The van der Waals surface area contributed by atoms with Crippen LogP contribution in [0.1, 0.15) is 0 Å². The Kier molecular flexibility index (Phi) is 7.64. The Hall–Kier alpha value is -1.99. The zero-order valence-corrected chi connectivity index (χ0v) is 14.9. The molecular weight excluding hydrogens is 494 g/mol. The molecule has 0 aliphatic rings. The molecule has 0 unspecified atom stereocenters. The summed E-state index contributed by atoms with van der Waals surface area (Å²) in [6, 6.07) is 18.3. The van der Waals surface area contributed by atoms with Crippen LogP contribution in [0.25, 0.3) is 11.3 Å². The minimum atomic E-state index is -4.23. The van der Waals surface area contributed by atoms with Crippen LogP contribution < -0.4 is 0 Å². The second-order valence-corrected chi connectivity index (χ2v) is 5.31. The van der Waals surface area contributed by atoms with Crippen LogP contribution in [-0.2, 0) is 30.2 Å². The monoisotopic (exact) mass is 507 g/mol. The molecule has 0 aliphatic carbocycles. The van der Waals surface area contributed by atoms with Crippen molar-refractivity contribution in [3.63, 3.8) is 0 Å². The van der Waals surface area contributed by atoms with Gasteiger partial charge in [-0.1, -0.05) is 12.1 Å². The average Bonchev–Trinajstić information content (AvgIpc) is 2.57. The van der Waals surface area contributed by atoms with Crippen LogP contribution in [0.3, 0.4) is 0 Å². The van der Waals surface area contributed by atoms with Crippen LogP contribution in [0, 0.1) is 6.07 Å². The Morgan fingerprint density at radius 3 is 2.00 bits per heavy atom. The largest absolute Gasteiger partial charge is 0.330 e. The van der Waals surface area contributed by atoms with Crippen molar-refractivity contribution in [2.45, 2.75) is 5.16 Å². The number of hydrogen-bond donors (Lipinski definition) is 1. The molecule has 23 heavy (non-hydrogen) atoms. The van der Waals surface area contributed by atoms with E-state index in [-0.39, 0.29) is 20.1 Å². The molecule has 6 nitrogen and oxygen atoms in total. The van der Waals surface area contributed by atoms with Crippen molar-refractivity contribution in [3.05, 3.63) is 73.2 Å². The van der Waals surface area contributed by atoms with Crippen molar-refractivity contribution < 1.29 is 33.1 Å². The Bertz CT molecular complexity index is 764. The average molecular weight is 507 g/mol. The first kappa shape index (κ1) is 19.1. The van der Waals surface area contributed by atoms with Crippen molar-refractivity contribution in [3.8, 4) is 11.3 Å². The van der Waals surface area contributed by atoms with Gasteiger partial charge >= 0.3 is 10.1 Å². The first-order valence-electron chi connectivity index (χ1n) is 6.20. The smallest absolute Gasteiger partial charge is 0.305 e. The van der Waals surface area contributed by atoms with Crippen LogP contribution in [-0.4, -0.2) is 27.9 Å². The first-order chi connectivity index (χ1) is 10.6. The summed E-state index contributed by atoms with van der Waals surface area (Å²) in [6.45, 7) is 0. The van der Waals surface area contributed by atoms with E-state index in [1.165, 1.54) is 18.5 Å². The van der Waals surface area contributed by atoms with E-state index in [9.17, 15) is 8.42 Å². The number of aromatic nitrogens is 3. The summed E-state index contributed by atoms with van der Waals surface area (Å²) >= 11 is 0. The molecule has 0 bridgehead atoms. The zero-order valence-electron chi connectivity index (χ0n) is 11.7. The van der Waals surface area contributed by atoms with E-state index in [0.717, 1.165) is 11.3 Å². The molecule has 0 fully saturated rings. The van der Waals surface area contributed by atoms with Crippen molar-refractivity contribution in [2.24, 2.45) is 0 Å². The number of rotatable bonds is 2. The molecule has 0 atom stereocenters. The fourth-order valence-corrected chi connectivity index (χ4v) is 1.88. The van der Waals surface area contributed by atoms with Gasteiger partial charge < -0.3 is 4.98 Å². The summed E-state index contributed by atoms with van der Waals surface area (Å²) in [5.74, 6) is 0. The molecule has 0 aliphatic heterocycles. The third kappa shape index (κ3) is 6.33. The number of hydrogen-bond acceptors (Lipinski definition) is 5. The van der Waals surface area contributed by atoms with Gasteiger partial charge in [0.05, 0.1) is 0 Å². The minimum absolute atomic E-state index is 0. The molecule has 0 spiro atoms. The van der Waals surface area contributed by atoms with Gasteiger partial charge in [-0.05, 0) is 17.8 Å². The van der Waals surface area contributed by atoms with Crippen LogP contribution >= 0.6 is 0 Å². The minimum Gasteiger partial charge on any atom is -0.305 e. The van der Waals surface area contributed by atoms with E-state index in [1.54, 1.807) is 6.20 Å². The van der Waals surface area contributed by atoms with Gasteiger partial charge in [0.1, 0.15) is 0 Å². The zero-order chi connectivity index (χ0) is 15.8. The predicted octanol–water partition coefficient (Wildman–Crippen LogP) is 2.27. The summed E-state index contributed by atoms with van der Waals surface area (Å²) in [5, 5.41) is -0.574. The molecule has 2 heterocycles. The van der Waals surface area contributed by atoms with Gasteiger partial charge in [-0.15, -0.1) is 35.9 Å². The second-order valence-electron chi connectivity index (χ2n) is 4.00. The molecule has 8 heteroatoms. The van der Waals surface area contributed by atoms with E-state index in [0.29, 0.717) is 0 Å². The van der Waals surface area contributed by atoms with Crippen molar-refractivity contribution in [2.75, 3.05) is 0 Å². The van der Waals surface area contributed by atoms with Gasteiger partial charge in [-0.25, -0.2) is 9.97 Å². The molecule has 1 N–H and O–H groups in total. The van der Waals surface area contributed by atoms with Crippen molar-refractivity contribution >= 4 is 10.1 Å². The summed E-state index contributed by atoms with van der Waals surface area (Å²) in [4.78, 5) is 10.8. The maximum atomic E-state index is 10.3. The van der Waals surface area contributed by atoms with Gasteiger partial charge in [0.2, 0.25) is 0 Å². The Labute approximate surface area is 147 Å². The van der Waals surface area contributed by atoms with E-state index in [4.69, 9.17) is 4.55 Å². The molecule has 0 amide bonds. The maximum Gasteiger partial charge on any atom is 0.330 e. The summed E-state index contributed by atoms with van der Waals surface area (Å²) < 4.78 is 28.9. The van der Waals surface area contributed by atoms with E-state index in [1.807, 2.05) is 42.5 Å². The molecule has 0 saturated heterocycles. The van der Waals surface area contributed by atoms with Crippen LogP contribution in [0.15, 0.2) is 72.3 Å². The molecule has 3 aromatic rings. The molecule has 1 radical (unpaired) electrons. The van der Waals surface area contributed by atoms with Gasteiger partial charge in [-0.2, -0.15) is 8.42 Å². The van der Waals surface area contributed by atoms with Gasteiger partial charge in [-0.3, -0.25) is 4.55 Å². The summed E-state index contributed by atoms with van der Waals surface area (Å²) in [7, 11) is -4.23. The standard InChI is InChI=1S/C11H8N.C4H4N2O3S.Ir/c1-2-6-10(7-3-1)11-8-4-5-9-12-11;7-10(8,9)4-5-2-1-3-6-4;/h1-6,8-9H;1-3H,(H,7,8,9);/q-1;;. The topological polar surface area (TPSA) is 93.0 Å².